The quantitative estimate of drug-likeness (QED) is 0.841. The Balaban J connectivity index is 1.67. The number of urea groups is 1. The molecule has 23 heavy (non-hydrogen) atoms. The van der Waals surface area contributed by atoms with Crippen LogP contribution in [0.1, 0.15) is 31.2 Å². The second kappa shape index (κ2) is 9.02. The van der Waals surface area contributed by atoms with Crippen molar-refractivity contribution in [3.63, 3.8) is 0 Å². The van der Waals surface area contributed by atoms with E-state index in [0.717, 1.165) is 37.1 Å². The number of nitrogens with one attached hydrogen (secondary N) is 2. The lowest BCUT2D eigenvalue weighted by Gasteiger charge is -2.20. The first-order valence-corrected chi connectivity index (χ1v) is 8.11. The molecule has 1 saturated heterocycles. The summed E-state index contributed by atoms with van der Waals surface area (Å²) in [5.41, 5.74) is 0.974. The van der Waals surface area contributed by atoms with Crippen molar-refractivity contribution in [3.8, 4) is 5.75 Å². The van der Waals surface area contributed by atoms with Gasteiger partial charge in [-0.05, 0) is 30.5 Å². The fourth-order valence-corrected chi connectivity index (χ4v) is 2.61. The molecule has 0 radical (unpaired) electrons. The van der Waals surface area contributed by atoms with Crippen LogP contribution in [0.4, 0.5) is 4.79 Å². The Morgan fingerprint density at radius 1 is 1.26 bits per heavy atom. The van der Waals surface area contributed by atoms with E-state index < -0.39 is 0 Å². The number of nitrogens with zero attached hydrogens (tertiary/aromatic N) is 1. The predicted octanol–water partition coefficient (Wildman–Crippen LogP) is 1.90. The molecular weight excluding hydrogens is 294 g/mol. The summed E-state index contributed by atoms with van der Waals surface area (Å²) in [7, 11) is 1.61. The van der Waals surface area contributed by atoms with E-state index in [9.17, 15) is 9.59 Å². The molecule has 6 heteroatoms. The van der Waals surface area contributed by atoms with Gasteiger partial charge < -0.3 is 20.3 Å². The average molecular weight is 319 g/mol. The van der Waals surface area contributed by atoms with Crippen molar-refractivity contribution in [3.05, 3.63) is 29.8 Å². The molecule has 1 aromatic rings. The summed E-state index contributed by atoms with van der Waals surface area (Å²) in [6.45, 7) is 2.28. The molecule has 2 N–H and O–H groups in total. The normalized spacial score (nSPS) is 15.0. The van der Waals surface area contributed by atoms with E-state index in [1.54, 1.807) is 7.11 Å². The van der Waals surface area contributed by atoms with Crippen LogP contribution in [0.2, 0.25) is 0 Å². The summed E-state index contributed by atoms with van der Waals surface area (Å²) in [6, 6.07) is 7.34. The summed E-state index contributed by atoms with van der Waals surface area (Å²) < 4.78 is 5.15. The SMILES string of the molecule is COc1cccc(CNC(=O)NCCN2CCCCCC2=O)c1. The molecule has 3 amide bonds. The second-order valence-electron chi connectivity index (χ2n) is 5.65. The Labute approximate surface area is 137 Å². The number of benzene rings is 1. The zero-order valence-electron chi connectivity index (χ0n) is 13.6. The molecule has 0 aliphatic carbocycles. The third-order valence-corrected chi connectivity index (χ3v) is 3.93. The van der Waals surface area contributed by atoms with Gasteiger partial charge in [0.25, 0.3) is 0 Å². The van der Waals surface area contributed by atoms with E-state index >= 15 is 0 Å². The average Bonchev–Trinajstić information content (AvgIpc) is 2.78. The largest absolute Gasteiger partial charge is 0.497 e. The summed E-state index contributed by atoms with van der Waals surface area (Å²) in [4.78, 5) is 25.5. The third-order valence-electron chi connectivity index (χ3n) is 3.93. The monoisotopic (exact) mass is 319 g/mol. The van der Waals surface area contributed by atoms with Crippen LogP contribution in [0.25, 0.3) is 0 Å². The minimum atomic E-state index is -0.227. The van der Waals surface area contributed by atoms with Crippen molar-refractivity contribution >= 4 is 11.9 Å². The molecule has 0 spiro atoms. The van der Waals surface area contributed by atoms with E-state index in [4.69, 9.17) is 4.74 Å². The Hall–Kier alpha value is -2.24. The first kappa shape index (κ1) is 17.1. The number of rotatable bonds is 6. The molecule has 0 atom stereocenters. The highest BCUT2D eigenvalue weighted by molar-refractivity contribution is 5.76. The molecule has 1 fully saturated rings. The molecule has 1 aliphatic rings. The molecule has 126 valence electrons. The van der Waals surface area contributed by atoms with E-state index in [1.807, 2.05) is 29.2 Å². The summed E-state index contributed by atoms with van der Waals surface area (Å²) in [5, 5.41) is 5.60. The molecule has 1 aliphatic heterocycles. The summed E-state index contributed by atoms with van der Waals surface area (Å²) >= 11 is 0. The highest BCUT2D eigenvalue weighted by Crippen LogP contribution is 2.12. The Bertz CT molecular complexity index is 534. The molecule has 1 aromatic carbocycles. The molecule has 0 unspecified atom stereocenters. The van der Waals surface area contributed by atoms with E-state index in [1.165, 1.54) is 0 Å². The van der Waals surface area contributed by atoms with Crippen molar-refractivity contribution in [2.45, 2.75) is 32.2 Å². The number of likely N-dealkylation sites (tertiary alicyclic amines) is 1. The van der Waals surface area contributed by atoms with Gasteiger partial charge in [-0.1, -0.05) is 18.6 Å². The van der Waals surface area contributed by atoms with Gasteiger partial charge in [0.05, 0.1) is 7.11 Å². The van der Waals surface area contributed by atoms with Gasteiger partial charge >= 0.3 is 6.03 Å². The van der Waals surface area contributed by atoms with Crippen LogP contribution in [-0.2, 0) is 11.3 Å². The van der Waals surface area contributed by atoms with E-state index in [2.05, 4.69) is 10.6 Å². The van der Waals surface area contributed by atoms with Crippen molar-refractivity contribution in [2.24, 2.45) is 0 Å². The van der Waals surface area contributed by atoms with E-state index in [0.29, 0.717) is 26.1 Å². The Kier molecular flexibility index (Phi) is 6.72. The first-order chi connectivity index (χ1) is 11.2. The van der Waals surface area contributed by atoms with E-state index in [-0.39, 0.29) is 11.9 Å². The number of ether oxygens (including phenoxy) is 1. The van der Waals surface area contributed by atoms with Gasteiger partial charge in [0, 0.05) is 32.6 Å². The van der Waals surface area contributed by atoms with Gasteiger partial charge in [0.15, 0.2) is 0 Å². The minimum absolute atomic E-state index is 0.195. The fourth-order valence-electron chi connectivity index (χ4n) is 2.61. The van der Waals surface area contributed by atoms with Gasteiger partial charge in [-0.15, -0.1) is 0 Å². The predicted molar refractivity (Wildman–Crippen MR) is 88.3 cm³/mol. The lowest BCUT2D eigenvalue weighted by molar-refractivity contribution is -0.130. The van der Waals surface area contributed by atoms with Crippen LogP contribution >= 0.6 is 0 Å². The summed E-state index contributed by atoms with van der Waals surface area (Å²) in [6.07, 6.45) is 3.76. The number of amides is 3. The molecule has 6 nitrogen and oxygen atoms in total. The smallest absolute Gasteiger partial charge is 0.315 e. The minimum Gasteiger partial charge on any atom is -0.497 e. The van der Waals surface area contributed by atoms with Crippen molar-refractivity contribution < 1.29 is 14.3 Å². The zero-order valence-corrected chi connectivity index (χ0v) is 13.6. The maximum atomic E-state index is 11.8. The van der Waals surface area contributed by atoms with Gasteiger partial charge in [0.1, 0.15) is 5.75 Å². The van der Waals surface area contributed by atoms with Crippen LogP contribution < -0.4 is 15.4 Å². The van der Waals surface area contributed by atoms with Gasteiger partial charge in [0.2, 0.25) is 5.91 Å². The molecular formula is C17H25N3O3. The van der Waals surface area contributed by atoms with Crippen molar-refractivity contribution in [2.75, 3.05) is 26.7 Å². The second-order valence-corrected chi connectivity index (χ2v) is 5.65. The molecule has 0 aromatic heterocycles. The van der Waals surface area contributed by atoms with Crippen LogP contribution in [0.5, 0.6) is 5.75 Å². The van der Waals surface area contributed by atoms with Crippen LogP contribution in [0, 0.1) is 0 Å². The van der Waals surface area contributed by atoms with Crippen LogP contribution in [-0.4, -0.2) is 43.6 Å². The Morgan fingerprint density at radius 2 is 2.13 bits per heavy atom. The maximum absolute atomic E-state index is 11.8. The third kappa shape index (κ3) is 5.81. The van der Waals surface area contributed by atoms with Crippen LogP contribution in [0.15, 0.2) is 24.3 Å². The first-order valence-electron chi connectivity index (χ1n) is 8.11. The molecule has 1 heterocycles. The highest BCUT2D eigenvalue weighted by Gasteiger charge is 2.15. The van der Waals surface area contributed by atoms with Crippen molar-refractivity contribution in [1.29, 1.82) is 0 Å². The Morgan fingerprint density at radius 3 is 2.96 bits per heavy atom. The van der Waals surface area contributed by atoms with Crippen LogP contribution in [0.3, 0.4) is 0 Å². The number of hydrogen-bond acceptors (Lipinski definition) is 3. The zero-order chi connectivity index (χ0) is 16.5. The van der Waals surface area contributed by atoms with Gasteiger partial charge in [-0.25, -0.2) is 4.79 Å². The number of carbonyl (C=O) groups is 2. The standard InChI is InChI=1S/C17H25N3O3/c1-23-15-7-5-6-14(12-15)13-19-17(22)18-9-11-20-10-4-2-3-8-16(20)21/h5-7,12H,2-4,8-11,13H2,1H3,(H2,18,19,22). The number of hydrogen-bond donors (Lipinski definition) is 2. The fraction of sp³-hybridized carbons (Fsp3) is 0.529. The highest BCUT2D eigenvalue weighted by atomic mass is 16.5. The number of methoxy groups -OCH3 is 1. The number of carbonyl (C=O) groups excluding carboxylic acids is 2. The lowest BCUT2D eigenvalue weighted by Crippen LogP contribution is -2.41. The molecule has 0 saturated carbocycles. The molecule has 0 bridgehead atoms. The topological polar surface area (TPSA) is 70.7 Å². The van der Waals surface area contributed by atoms with Gasteiger partial charge in [-0.3, -0.25) is 4.79 Å². The summed E-state index contributed by atoms with van der Waals surface area (Å²) in [5.74, 6) is 0.963. The maximum Gasteiger partial charge on any atom is 0.315 e. The lowest BCUT2D eigenvalue weighted by atomic mass is 10.2. The molecule has 2 rings (SSSR count). The van der Waals surface area contributed by atoms with Crippen molar-refractivity contribution in [1.82, 2.24) is 15.5 Å². The van der Waals surface area contributed by atoms with Gasteiger partial charge in [-0.2, -0.15) is 0 Å².